The average molecular weight is 497 g/mol. The van der Waals surface area contributed by atoms with Gasteiger partial charge in [-0.25, -0.2) is 0 Å². The first-order chi connectivity index (χ1) is 16.6. The van der Waals surface area contributed by atoms with Gasteiger partial charge in [0.2, 0.25) is 9.04 Å². The summed E-state index contributed by atoms with van der Waals surface area (Å²) in [6.45, 7) is 19.6. The van der Waals surface area contributed by atoms with Crippen molar-refractivity contribution in [3.8, 4) is 11.5 Å². The fraction of sp³-hybridized carbons (Fsp3) is 0.613. The van der Waals surface area contributed by atoms with Crippen molar-refractivity contribution >= 4 is 9.04 Å². The van der Waals surface area contributed by atoms with Crippen LogP contribution in [-0.2, 0) is 11.2 Å². The Morgan fingerprint density at radius 1 is 0.943 bits per heavy atom. The zero-order valence-electron chi connectivity index (χ0n) is 23.6. The van der Waals surface area contributed by atoms with Gasteiger partial charge in [-0.3, -0.25) is 0 Å². The number of hydrogen-bond donors (Lipinski definition) is 0. The van der Waals surface area contributed by atoms with E-state index < -0.39 is 9.04 Å². The largest absolute Gasteiger partial charge is 0.547 e. The smallest absolute Gasteiger partial charge is 0.229 e. The Kier molecular flexibility index (Phi) is 9.89. The van der Waals surface area contributed by atoms with E-state index in [1.807, 2.05) is 0 Å². The second-order valence-corrected chi connectivity index (χ2v) is 13.6. The summed E-state index contributed by atoms with van der Waals surface area (Å²) in [5.41, 5.74) is 9.51. The monoisotopic (exact) mass is 496 g/mol. The van der Waals surface area contributed by atoms with Crippen LogP contribution in [-0.4, -0.2) is 27.9 Å². The van der Waals surface area contributed by atoms with Crippen LogP contribution in [0.5, 0.6) is 11.5 Å². The minimum Gasteiger partial charge on any atom is -0.547 e. The minimum atomic E-state index is -1.14. The zero-order chi connectivity index (χ0) is 25.6. The highest BCUT2D eigenvalue weighted by Crippen LogP contribution is 2.45. The van der Waals surface area contributed by atoms with E-state index in [-0.39, 0.29) is 5.60 Å². The van der Waals surface area contributed by atoms with Crippen LogP contribution in [0.2, 0.25) is 13.1 Å². The van der Waals surface area contributed by atoms with Gasteiger partial charge in [0, 0.05) is 5.56 Å². The molecule has 1 aromatic carbocycles. The van der Waals surface area contributed by atoms with Crippen molar-refractivity contribution in [3.63, 3.8) is 0 Å². The van der Waals surface area contributed by atoms with Crippen molar-refractivity contribution in [2.75, 3.05) is 13.2 Å². The van der Waals surface area contributed by atoms with Crippen molar-refractivity contribution in [2.24, 2.45) is 0 Å². The number of hydrogen-bond acceptors (Lipinski definition) is 3. The van der Waals surface area contributed by atoms with Crippen LogP contribution in [0.4, 0.5) is 0 Å². The van der Waals surface area contributed by atoms with Gasteiger partial charge in [-0.2, -0.15) is 0 Å². The normalized spacial score (nSPS) is 20.4. The van der Waals surface area contributed by atoms with Gasteiger partial charge >= 0.3 is 0 Å². The number of allylic oxidation sites excluding steroid dienone is 5. The molecule has 3 nitrogen and oxygen atoms in total. The molecule has 4 heteroatoms. The number of fused-ring (bicyclic) bond motifs is 1. The molecule has 2 aliphatic heterocycles. The summed E-state index contributed by atoms with van der Waals surface area (Å²) in [4.78, 5) is 0. The summed E-state index contributed by atoms with van der Waals surface area (Å²) in [6, 6.07) is 0. The molecule has 0 N–H and O–H groups in total. The summed E-state index contributed by atoms with van der Waals surface area (Å²) in [6.07, 6.45) is 16.1. The molecule has 0 radical (unpaired) electrons. The maximum atomic E-state index is 6.74. The molecule has 0 aromatic heterocycles. The quantitative estimate of drug-likeness (QED) is 0.228. The lowest BCUT2D eigenvalue weighted by Gasteiger charge is -2.38. The van der Waals surface area contributed by atoms with Crippen LogP contribution in [0.25, 0.3) is 0 Å². The molecule has 2 heterocycles. The lowest BCUT2D eigenvalue weighted by molar-refractivity contribution is 0.0559. The Balaban J connectivity index is 1.51. The van der Waals surface area contributed by atoms with Crippen LogP contribution in [0.15, 0.2) is 34.9 Å². The van der Waals surface area contributed by atoms with Crippen LogP contribution in [0.3, 0.4) is 0 Å². The summed E-state index contributed by atoms with van der Waals surface area (Å²) in [5, 5.41) is 0. The van der Waals surface area contributed by atoms with E-state index in [1.165, 1.54) is 39.0 Å². The van der Waals surface area contributed by atoms with Gasteiger partial charge < -0.3 is 13.9 Å². The topological polar surface area (TPSA) is 27.7 Å². The molecular weight excluding hydrogens is 448 g/mol. The molecule has 0 unspecified atom stereocenters. The van der Waals surface area contributed by atoms with Gasteiger partial charge in [-0.05, 0) is 128 Å². The van der Waals surface area contributed by atoms with E-state index in [9.17, 15) is 0 Å². The Morgan fingerprint density at radius 2 is 1.60 bits per heavy atom. The van der Waals surface area contributed by atoms with Gasteiger partial charge in [0.25, 0.3) is 0 Å². The molecule has 1 atom stereocenters. The van der Waals surface area contributed by atoms with E-state index in [2.05, 4.69) is 72.9 Å². The van der Waals surface area contributed by atoms with E-state index in [0.717, 1.165) is 76.1 Å². The predicted octanol–water partition coefficient (Wildman–Crippen LogP) is 8.25. The average Bonchev–Trinajstić information content (AvgIpc) is 2.76. The number of rotatable bonds is 11. The Bertz CT molecular complexity index is 980. The maximum Gasteiger partial charge on any atom is 0.229 e. The third kappa shape index (κ3) is 7.60. The van der Waals surface area contributed by atoms with E-state index >= 15 is 0 Å². The highest BCUT2D eigenvalue weighted by atomic mass is 28.3. The molecule has 194 valence electrons. The molecule has 2 aliphatic rings. The van der Waals surface area contributed by atoms with Crippen molar-refractivity contribution in [2.45, 2.75) is 112 Å². The number of benzene rings is 1. The molecule has 0 spiro atoms. The molecule has 0 amide bonds. The lowest BCUT2D eigenvalue weighted by atomic mass is 9.85. The molecule has 35 heavy (non-hydrogen) atoms. The number of ether oxygens (including phenoxy) is 2. The first-order valence-corrected chi connectivity index (χ1v) is 16.4. The zero-order valence-corrected chi connectivity index (χ0v) is 24.8. The van der Waals surface area contributed by atoms with E-state index in [4.69, 9.17) is 13.9 Å². The first kappa shape index (κ1) is 27.8. The van der Waals surface area contributed by atoms with Crippen LogP contribution in [0, 0.1) is 20.8 Å². The summed E-state index contributed by atoms with van der Waals surface area (Å²) in [5.74, 6) is 2.23. The van der Waals surface area contributed by atoms with Gasteiger partial charge in [0.05, 0.1) is 13.2 Å². The fourth-order valence-electron chi connectivity index (χ4n) is 5.09. The van der Waals surface area contributed by atoms with E-state index in [1.54, 1.807) is 0 Å². The highest BCUT2D eigenvalue weighted by molar-refractivity contribution is 6.49. The van der Waals surface area contributed by atoms with Crippen molar-refractivity contribution < 1.29 is 13.9 Å². The highest BCUT2D eigenvalue weighted by Gasteiger charge is 2.34. The van der Waals surface area contributed by atoms with Gasteiger partial charge in [0.1, 0.15) is 17.1 Å². The second kappa shape index (κ2) is 12.4. The van der Waals surface area contributed by atoms with Gasteiger partial charge in [-0.15, -0.1) is 0 Å². The minimum absolute atomic E-state index is 0.0981. The molecule has 3 rings (SSSR count). The predicted molar refractivity (Wildman–Crippen MR) is 152 cm³/mol. The SMILES string of the molecule is C/C(=C\CC/C(C)=C/CC[C@]1(C)CCc2c(C)c(O[SiH](C)C)c(C)c(C)c2O1)CCC=C1COC1. The third-order valence-electron chi connectivity index (χ3n) is 7.66. The Hall–Kier alpha value is -1.78. The van der Waals surface area contributed by atoms with Gasteiger partial charge in [0.15, 0.2) is 0 Å². The van der Waals surface area contributed by atoms with Crippen LogP contribution >= 0.6 is 0 Å². The summed E-state index contributed by atoms with van der Waals surface area (Å²) < 4.78 is 18.3. The molecule has 0 saturated carbocycles. The van der Waals surface area contributed by atoms with Gasteiger partial charge in [-0.1, -0.05) is 29.4 Å². The molecule has 1 fully saturated rings. The van der Waals surface area contributed by atoms with Crippen LogP contribution in [0.1, 0.15) is 88.0 Å². The summed E-state index contributed by atoms with van der Waals surface area (Å²) >= 11 is 0. The first-order valence-electron chi connectivity index (χ1n) is 13.6. The lowest BCUT2D eigenvalue weighted by Crippen LogP contribution is -2.37. The molecule has 1 saturated heterocycles. The van der Waals surface area contributed by atoms with Crippen molar-refractivity contribution in [1.82, 2.24) is 0 Å². The van der Waals surface area contributed by atoms with Crippen molar-refractivity contribution in [3.05, 3.63) is 57.2 Å². The molecular formula is C31H48O3Si. The Morgan fingerprint density at radius 3 is 2.23 bits per heavy atom. The van der Waals surface area contributed by atoms with Crippen LogP contribution < -0.4 is 9.16 Å². The second-order valence-electron chi connectivity index (χ2n) is 11.3. The van der Waals surface area contributed by atoms with Crippen molar-refractivity contribution in [1.29, 1.82) is 0 Å². The maximum absolute atomic E-state index is 6.74. The fourth-order valence-corrected chi connectivity index (χ4v) is 5.91. The van der Waals surface area contributed by atoms with E-state index in [0.29, 0.717) is 0 Å². The molecule has 0 bridgehead atoms. The standard InChI is InChI=1S/C31H48O3Si/c1-22(14-10-16-27-20-32-21-27)12-9-13-23(2)15-11-18-31(6)19-17-28-26(5)29(34-35(7)8)24(3)25(4)30(28)33-31/h12,15-16,35H,9-11,13-14,17-21H2,1-8H3/b22-12+,23-15+/t31-/m1/s1. The molecule has 0 aliphatic carbocycles. The third-order valence-corrected chi connectivity index (χ3v) is 8.37. The summed E-state index contributed by atoms with van der Waals surface area (Å²) in [7, 11) is -1.14. The molecule has 1 aromatic rings. The Labute approximate surface area is 216 Å².